The molecule has 0 bridgehead atoms. The van der Waals surface area contributed by atoms with Crippen LogP contribution in [0.2, 0.25) is 0 Å². The third-order valence-corrected chi connectivity index (χ3v) is 4.00. The van der Waals surface area contributed by atoms with Crippen LogP contribution < -0.4 is 5.43 Å². The summed E-state index contributed by atoms with van der Waals surface area (Å²) in [6.45, 7) is 0. The maximum atomic E-state index is 12.0. The van der Waals surface area contributed by atoms with Gasteiger partial charge in [-0.05, 0) is 23.6 Å². The average Bonchev–Trinajstić information content (AvgIpc) is 3.26. The van der Waals surface area contributed by atoms with Gasteiger partial charge in [-0.2, -0.15) is 10.2 Å². The van der Waals surface area contributed by atoms with Crippen molar-refractivity contribution < 1.29 is 9.72 Å². The van der Waals surface area contributed by atoms with Crippen LogP contribution in [0, 0.1) is 10.1 Å². The Balaban J connectivity index is 1.69. The van der Waals surface area contributed by atoms with Crippen molar-refractivity contribution in [2.24, 2.45) is 5.10 Å². The van der Waals surface area contributed by atoms with E-state index < -0.39 is 10.8 Å². The highest BCUT2D eigenvalue weighted by Gasteiger charge is 2.12. The van der Waals surface area contributed by atoms with Crippen LogP contribution in [0.15, 0.2) is 52.9 Å². The van der Waals surface area contributed by atoms with Crippen LogP contribution in [0.4, 0.5) is 5.69 Å². The number of carbonyl (C=O) groups is 1. The predicted octanol–water partition coefficient (Wildman–Crippen LogP) is 2.81. The first-order valence-corrected chi connectivity index (χ1v) is 7.69. The standard InChI is InChI=1S/C15H11N5O3S/c21-15(12-8-11(17-18-12)14-6-3-7-24-14)19-16-9-10-4-1-2-5-13(10)20(22)23/h1-9H,(H,17,18)(H,19,21)/b16-9-. The van der Waals surface area contributed by atoms with E-state index in [2.05, 4.69) is 20.7 Å². The topological polar surface area (TPSA) is 113 Å². The van der Waals surface area contributed by atoms with Crippen LogP contribution >= 0.6 is 11.3 Å². The van der Waals surface area contributed by atoms with Crippen LogP contribution in [-0.2, 0) is 0 Å². The summed E-state index contributed by atoms with van der Waals surface area (Å²) in [7, 11) is 0. The number of hydrazone groups is 1. The summed E-state index contributed by atoms with van der Waals surface area (Å²) in [5.74, 6) is -0.510. The number of para-hydroxylation sites is 1. The van der Waals surface area contributed by atoms with Crippen molar-refractivity contribution in [2.75, 3.05) is 0 Å². The Labute approximate surface area is 140 Å². The first kappa shape index (κ1) is 15.6. The fourth-order valence-corrected chi connectivity index (χ4v) is 2.67. The number of aromatic amines is 1. The number of hydrogen-bond donors (Lipinski definition) is 2. The van der Waals surface area contributed by atoms with Crippen LogP contribution in [0.3, 0.4) is 0 Å². The third-order valence-electron chi connectivity index (χ3n) is 3.10. The molecule has 0 saturated carbocycles. The minimum atomic E-state index is -0.510. The zero-order valence-corrected chi connectivity index (χ0v) is 13.0. The highest BCUT2D eigenvalue weighted by molar-refractivity contribution is 7.13. The molecule has 3 rings (SSSR count). The largest absolute Gasteiger partial charge is 0.291 e. The van der Waals surface area contributed by atoms with E-state index in [9.17, 15) is 14.9 Å². The third kappa shape index (κ3) is 3.36. The number of nitrogens with zero attached hydrogens (tertiary/aromatic N) is 3. The van der Waals surface area contributed by atoms with Crippen LogP contribution in [0.5, 0.6) is 0 Å². The summed E-state index contributed by atoms with van der Waals surface area (Å²) in [5, 5.41) is 23.3. The molecular weight excluding hydrogens is 330 g/mol. The van der Waals surface area contributed by atoms with Gasteiger partial charge in [-0.25, -0.2) is 5.43 Å². The molecule has 2 heterocycles. The molecule has 0 radical (unpaired) electrons. The molecule has 0 aliphatic carbocycles. The number of carbonyl (C=O) groups excluding carboxylic acids is 1. The lowest BCUT2D eigenvalue weighted by molar-refractivity contribution is -0.385. The Morgan fingerprint density at radius 1 is 1.33 bits per heavy atom. The number of nitro benzene ring substituents is 1. The van der Waals surface area contributed by atoms with Gasteiger partial charge in [-0.1, -0.05) is 18.2 Å². The number of nitrogens with one attached hydrogen (secondary N) is 2. The van der Waals surface area contributed by atoms with Gasteiger partial charge in [-0.15, -0.1) is 11.3 Å². The second-order valence-electron chi connectivity index (χ2n) is 4.66. The lowest BCUT2D eigenvalue weighted by Gasteiger charge is -1.97. The van der Waals surface area contributed by atoms with Crippen LogP contribution in [0.25, 0.3) is 10.6 Å². The van der Waals surface area contributed by atoms with Crippen LogP contribution in [0.1, 0.15) is 16.1 Å². The summed E-state index contributed by atoms with van der Waals surface area (Å²) in [4.78, 5) is 23.4. The van der Waals surface area contributed by atoms with E-state index >= 15 is 0 Å². The van der Waals surface area contributed by atoms with Gasteiger partial charge in [0.15, 0.2) is 5.69 Å². The van der Waals surface area contributed by atoms with Gasteiger partial charge in [-0.3, -0.25) is 20.0 Å². The molecule has 0 fully saturated rings. The molecule has 0 aliphatic rings. The molecule has 2 aromatic heterocycles. The van der Waals surface area contributed by atoms with Gasteiger partial charge < -0.3 is 0 Å². The molecule has 1 aromatic carbocycles. The van der Waals surface area contributed by atoms with Crippen molar-refractivity contribution in [3.05, 3.63) is 69.2 Å². The molecule has 3 aromatic rings. The Bertz CT molecular complexity index is 901. The molecule has 120 valence electrons. The second kappa shape index (κ2) is 6.84. The molecule has 0 spiro atoms. The van der Waals surface area contributed by atoms with Crippen molar-refractivity contribution in [1.82, 2.24) is 15.6 Å². The Kier molecular flexibility index (Phi) is 4.43. The van der Waals surface area contributed by atoms with E-state index in [-0.39, 0.29) is 11.4 Å². The number of benzene rings is 1. The first-order valence-electron chi connectivity index (χ1n) is 6.81. The monoisotopic (exact) mass is 341 g/mol. The molecule has 1 amide bonds. The zero-order chi connectivity index (χ0) is 16.9. The number of thiophene rings is 1. The van der Waals surface area contributed by atoms with Crippen molar-refractivity contribution in [1.29, 1.82) is 0 Å². The lowest BCUT2D eigenvalue weighted by Crippen LogP contribution is -2.18. The molecule has 8 nitrogen and oxygen atoms in total. The van der Waals surface area contributed by atoms with Crippen molar-refractivity contribution in [3.8, 4) is 10.6 Å². The normalized spacial score (nSPS) is 10.8. The lowest BCUT2D eigenvalue weighted by atomic mass is 10.2. The van der Waals surface area contributed by atoms with E-state index in [0.717, 1.165) is 10.6 Å². The molecular formula is C15H11N5O3S. The maximum absolute atomic E-state index is 12.0. The number of amides is 1. The van der Waals surface area contributed by atoms with Crippen LogP contribution in [-0.4, -0.2) is 27.2 Å². The van der Waals surface area contributed by atoms with Gasteiger partial charge in [0.25, 0.3) is 11.6 Å². The molecule has 0 saturated heterocycles. The molecule has 0 atom stereocenters. The van der Waals surface area contributed by atoms with E-state index in [1.165, 1.54) is 29.7 Å². The van der Waals surface area contributed by atoms with Crippen molar-refractivity contribution in [3.63, 3.8) is 0 Å². The number of nitro groups is 1. The summed E-state index contributed by atoms with van der Waals surface area (Å²) in [5.41, 5.74) is 3.42. The molecule has 9 heteroatoms. The number of H-pyrrole nitrogens is 1. The van der Waals surface area contributed by atoms with E-state index in [0.29, 0.717) is 5.56 Å². The number of rotatable bonds is 5. The fraction of sp³-hybridized carbons (Fsp3) is 0. The quantitative estimate of drug-likeness (QED) is 0.422. The van der Waals surface area contributed by atoms with E-state index in [1.54, 1.807) is 18.2 Å². The zero-order valence-electron chi connectivity index (χ0n) is 12.2. The van der Waals surface area contributed by atoms with Gasteiger partial charge >= 0.3 is 0 Å². The smallest absolute Gasteiger partial charge is 0.276 e. The minimum absolute atomic E-state index is 0.0877. The first-order chi connectivity index (χ1) is 11.6. The Morgan fingerprint density at radius 3 is 2.92 bits per heavy atom. The molecule has 0 aliphatic heterocycles. The second-order valence-corrected chi connectivity index (χ2v) is 5.61. The average molecular weight is 341 g/mol. The Morgan fingerprint density at radius 2 is 2.17 bits per heavy atom. The Hall–Kier alpha value is -3.33. The SMILES string of the molecule is O=C(N/N=C\c1ccccc1[N+](=O)[O-])c1cc(-c2cccs2)[nH]n1. The highest BCUT2D eigenvalue weighted by atomic mass is 32.1. The number of aromatic nitrogens is 2. The minimum Gasteiger partial charge on any atom is -0.276 e. The van der Waals surface area contributed by atoms with Gasteiger partial charge in [0.05, 0.1) is 27.3 Å². The number of hydrogen-bond acceptors (Lipinski definition) is 6. The highest BCUT2D eigenvalue weighted by Crippen LogP contribution is 2.22. The van der Waals surface area contributed by atoms with Gasteiger partial charge in [0.2, 0.25) is 0 Å². The molecule has 2 N–H and O–H groups in total. The van der Waals surface area contributed by atoms with Gasteiger partial charge in [0, 0.05) is 6.07 Å². The molecule has 0 unspecified atom stereocenters. The van der Waals surface area contributed by atoms with E-state index in [1.807, 2.05) is 17.5 Å². The summed E-state index contributed by atoms with van der Waals surface area (Å²) < 4.78 is 0. The maximum Gasteiger partial charge on any atom is 0.291 e. The molecule has 24 heavy (non-hydrogen) atoms. The fourth-order valence-electron chi connectivity index (χ4n) is 1.98. The summed E-state index contributed by atoms with van der Waals surface area (Å²) in [6.07, 6.45) is 1.23. The van der Waals surface area contributed by atoms with Crippen molar-refractivity contribution in [2.45, 2.75) is 0 Å². The van der Waals surface area contributed by atoms with Crippen molar-refractivity contribution >= 4 is 29.1 Å². The summed E-state index contributed by atoms with van der Waals surface area (Å²) >= 11 is 1.52. The predicted molar refractivity (Wildman–Crippen MR) is 90.1 cm³/mol. The van der Waals surface area contributed by atoms with E-state index in [4.69, 9.17) is 0 Å². The summed E-state index contributed by atoms with van der Waals surface area (Å²) in [6, 6.07) is 11.5. The van der Waals surface area contributed by atoms with Gasteiger partial charge in [0.1, 0.15) is 0 Å².